The molecule has 0 unspecified atom stereocenters. The van der Waals surface area contributed by atoms with Gasteiger partial charge in [-0.25, -0.2) is 4.98 Å². The Labute approximate surface area is 229 Å². The standard InChI is InChI=1S/C30H29F3N4O3/c1-20-8-9-23(35-28(38)21-6-5-7-22(16-21)30(31,32)33)17-27(20)37-19-34-26-11-10-24(18-25(26)29(37)39)40-15-14-36-12-3-2-4-13-36/h5-11,16-19H,2-4,12-15H2,1H3,(H,35,38). The van der Waals surface area contributed by atoms with E-state index in [-0.39, 0.29) is 11.1 Å². The highest BCUT2D eigenvalue weighted by Crippen LogP contribution is 2.30. The number of hydrogen-bond acceptors (Lipinski definition) is 5. The molecule has 5 rings (SSSR count). The number of nitrogens with one attached hydrogen (secondary N) is 1. The first-order chi connectivity index (χ1) is 19.2. The predicted octanol–water partition coefficient (Wildman–Crippen LogP) is 5.83. The van der Waals surface area contributed by atoms with Gasteiger partial charge in [-0.2, -0.15) is 13.2 Å². The number of ether oxygens (including phenoxy) is 1. The van der Waals surface area contributed by atoms with Crippen LogP contribution < -0.4 is 15.6 Å². The average Bonchev–Trinajstić information content (AvgIpc) is 2.95. The van der Waals surface area contributed by atoms with Crippen molar-refractivity contribution in [3.05, 3.63) is 94.0 Å². The van der Waals surface area contributed by atoms with Crippen LogP contribution in [0.4, 0.5) is 18.9 Å². The molecule has 1 aliphatic heterocycles. The summed E-state index contributed by atoms with van der Waals surface area (Å²) in [5.74, 6) is -0.115. The molecule has 10 heteroatoms. The van der Waals surface area contributed by atoms with Gasteiger partial charge in [-0.1, -0.05) is 18.6 Å². The first kappa shape index (κ1) is 27.4. The summed E-state index contributed by atoms with van der Waals surface area (Å²) in [5, 5.41) is 3.01. The molecular weight excluding hydrogens is 521 g/mol. The van der Waals surface area contributed by atoms with E-state index >= 15 is 0 Å². The summed E-state index contributed by atoms with van der Waals surface area (Å²) in [4.78, 5) is 33.0. The number of anilines is 1. The van der Waals surface area contributed by atoms with Crippen LogP contribution in [0.3, 0.4) is 0 Å². The lowest BCUT2D eigenvalue weighted by atomic mass is 10.1. The van der Waals surface area contributed by atoms with E-state index in [0.717, 1.165) is 37.3 Å². The lowest BCUT2D eigenvalue weighted by Crippen LogP contribution is -2.33. The summed E-state index contributed by atoms with van der Waals surface area (Å²) in [5.41, 5.74) is 0.728. The number of amides is 1. The summed E-state index contributed by atoms with van der Waals surface area (Å²) in [6.07, 6.45) is 0.539. The zero-order chi connectivity index (χ0) is 28.3. The zero-order valence-electron chi connectivity index (χ0n) is 22.0. The third-order valence-electron chi connectivity index (χ3n) is 7.03. The fraction of sp³-hybridized carbons (Fsp3) is 0.300. The van der Waals surface area contributed by atoms with E-state index in [0.29, 0.717) is 34.6 Å². The van der Waals surface area contributed by atoms with Crippen molar-refractivity contribution in [1.29, 1.82) is 0 Å². The molecule has 0 saturated carbocycles. The van der Waals surface area contributed by atoms with E-state index in [1.54, 1.807) is 36.4 Å². The number of aromatic nitrogens is 2. The van der Waals surface area contributed by atoms with Crippen LogP contribution in [0.2, 0.25) is 0 Å². The normalized spacial score (nSPS) is 14.3. The van der Waals surface area contributed by atoms with Gasteiger partial charge in [-0.15, -0.1) is 0 Å². The molecule has 0 bridgehead atoms. The van der Waals surface area contributed by atoms with Gasteiger partial charge in [0, 0.05) is 17.8 Å². The molecule has 2 heterocycles. The predicted molar refractivity (Wildman–Crippen MR) is 147 cm³/mol. The minimum absolute atomic E-state index is 0.130. The zero-order valence-corrected chi connectivity index (χ0v) is 22.0. The highest BCUT2D eigenvalue weighted by Gasteiger charge is 2.31. The molecule has 0 atom stereocenters. The quantitative estimate of drug-likeness (QED) is 0.313. The van der Waals surface area contributed by atoms with E-state index in [1.807, 2.05) is 6.92 Å². The highest BCUT2D eigenvalue weighted by atomic mass is 19.4. The van der Waals surface area contributed by atoms with Crippen LogP contribution in [-0.4, -0.2) is 46.6 Å². The number of aryl methyl sites for hydroxylation is 1. The van der Waals surface area contributed by atoms with Crippen LogP contribution in [0, 0.1) is 6.92 Å². The van der Waals surface area contributed by atoms with Crippen molar-refractivity contribution in [3.63, 3.8) is 0 Å². The number of fused-ring (bicyclic) bond motifs is 1. The van der Waals surface area contributed by atoms with Crippen molar-refractivity contribution in [2.75, 3.05) is 31.6 Å². The molecule has 208 valence electrons. The van der Waals surface area contributed by atoms with E-state index in [4.69, 9.17) is 4.74 Å². The second-order valence-electron chi connectivity index (χ2n) is 9.88. The van der Waals surface area contributed by atoms with Crippen molar-refractivity contribution >= 4 is 22.5 Å². The Morgan fingerprint density at radius 2 is 1.82 bits per heavy atom. The van der Waals surface area contributed by atoms with Gasteiger partial charge in [-0.3, -0.25) is 19.1 Å². The fourth-order valence-electron chi connectivity index (χ4n) is 4.82. The Balaban J connectivity index is 1.37. The number of rotatable bonds is 7. The molecule has 4 aromatic rings. The van der Waals surface area contributed by atoms with Gasteiger partial charge in [0.2, 0.25) is 0 Å². The van der Waals surface area contributed by atoms with Gasteiger partial charge in [0.15, 0.2) is 0 Å². The largest absolute Gasteiger partial charge is 0.492 e. The Bertz CT molecular complexity index is 1590. The summed E-state index contributed by atoms with van der Waals surface area (Å²) < 4.78 is 46.6. The van der Waals surface area contributed by atoms with E-state index in [1.165, 1.54) is 42.3 Å². The number of hydrogen-bond donors (Lipinski definition) is 1. The molecule has 7 nitrogen and oxygen atoms in total. The molecule has 1 saturated heterocycles. The fourth-order valence-corrected chi connectivity index (χ4v) is 4.82. The first-order valence-corrected chi connectivity index (χ1v) is 13.2. The number of halogens is 3. The topological polar surface area (TPSA) is 76.5 Å². The van der Waals surface area contributed by atoms with Crippen LogP contribution in [0.5, 0.6) is 5.75 Å². The summed E-state index contributed by atoms with van der Waals surface area (Å²) in [7, 11) is 0. The Morgan fingerprint density at radius 3 is 2.60 bits per heavy atom. The van der Waals surface area contributed by atoms with Gasteiger partial charge in [0.25, 0.3) is 11.5 Å². The molecule has 1 fully saturated rings. The smallest absolute Gasteiger partial charge is 0.416 e. The van der Waals surface area contributed by atoms with Crippen LogP contribution in [0.1, 0.15) is 40.7 Å². The van der Waals surface area contributed by atoms with Crippen LogP contribution >= 0.6 is 0 Å². The van der Waals surface area contributed by atoms with Crippen molar-refractivity contribution < 1.29 is 22.7 Å². The average molecular weight is 551 g/mol. The van der Waals surface area contributed by atoms with E-state index < -0.39 is 17.6 Å². The summed E-state index contributed by atoms with van der Waals surface area (Å²) in [6.45, 7) is 5.31. The van der Waals surface area contributed by atoms with Crippen LogP contribution in [-0.2, 0) is 6.18 Å². The third-order valence-corrected chi connectivity index (χ3v) is 7.03. The molecular formula is C30H29F3N4O3. The number of piperidine rings is 1. The molecule has 1 aliphatic rings. The number of likely N-dealkylation sites (tertiary alicyclic amines) is 1. The SMILES string of the molecule is Cc1ccc(NC(=O)c2cccc(C(F)(F)F)c2)cc1-n1cnc2ccc(OCCN3CCCCC3)cc2c1=O. The van der Waals surface area contributed by atoms with E-state index in [2.05, 4.69) is 15.2 Å². The number of alkyl halides is 3. The maximum absolute atomic E-state index is 13.5. The van der Waals surface area contributed by atoms with Crippen molar-refractivity contribution in [2.24, 2.45) is 0 Å². The molecule has 1 aromatic heterocycles. The number of nitrogens with zero attached hydrogens (tertiary/aromatic N) is 3. The second-order valence-corrected chi connectivity index (χ2v) is 9.88. The van der Waals surface area contributed by atoms with E-state index in [9.17, 15) is 22.8 Å². The molecule has 0 spiro atoms. The van der Waals surface area contributed by atoms with Crippen molar-refractivity contribution in [1.82, 2.24) is 14.5 Å². The molecule has 1 N–H and O–H groups in total. The Kier molecular flexibility index (Phi) is 7.88. The summed E-state index contributed by atoms with van der Waals surface area (Å²) >= 11 is 0. The van der Waals surface area contributed by atoms with Gasteiger partial charge in [0.1, 0.15) is 18.7 Å². The monoisotopic (exact) mass is 550 g/mol. The third kappa shape index (κ3) is 6.17. The van der Waals surface area contributed by atoms with Crippen molar-refractivity contribution in [3.8, 4) is 11.4 Å². The number of benzene rings is 3. The lowest BCUT2D eigenvalue weighted by Gasteiger charge is -2.26. The van der Waals surface area contributed by atoms with Gasteiger partial charge < -0.3 is 10.1 Å². The Morgan fingerprint density at radius 1 is 1.02 bits per heavy atom. The number of carbonyl (C=O) groups is 1. The number of carbonyl (C=O) groups excluding carboxylic acids is 1. The van der Waals surface area contributed by atoms with Gasteiger partial charge in [0.05, 0.1) is 22.2 Å². The van der Waals surface area contributed by atoms with Gasteiger partial charge >= 0.3 is 6.18 Å². The second kappa shape index (κ2) is 11.5. The Hall–Kier alpha value is -4.18. The highest BCUT2D eigenvalue weighted by molar-refractivity contribution is 6.04. The first-order valence-electron chi connectivity index (χ1n) is 13.2. The maximum Gasteiger partial charge on any atom is 0.416 e. The van der Waals surface area contributed by atoms with Crippen molar-refractivity contribution in [2.45, 2.75) is 32.4 Å². The van der Waals surface area contributed by atoms with Gasteiger partial charge in [-0.05, 0) is 86.9 Å². The lowest BCUT2D eigenvalue weighted by molar-refractivity contribution is -0.137. The molecule has 0 aliphatic carbocycles. The van der Waals surface area contributed by atoms with Crippen LogP contribution in [0.25, 0.3) is 16.6 Å². The molecule has 1 amide bonds. The minimum Gasteiger partial charge on any atom is -0.492 e. The molecule has 3 aromatic carbocycles. The summed E-state index contributed by atoms with van der Waals surface area (Å²) in [6, 6.07) is 14.4. The minimum atomic E-state index is -4.56. The maximum atomic E-state index is 13.5. The molecule has 40 heavy (non-hydrogen) atoms. The van der Waals surface area contributed by atoms with Crippen LogP contribution in [0.15, 0.2) is 71.8 Å². The molecule has 0 radical (unpaired) electrons.